The average Bonchev–Trinajstić information content (AvgIpc) is 3.19. The molecule has 3 aromatic rings. The number of hydrogen-bond acceptors (Lipinski definition) is 4. The van der Waals surface area contributed by atoms with Gasteiger partial charge in [-0.15, -0.1) is 0 Å². The van der Waals surface area contributed by atoms with Gasteiger partial charge in [-0.05, 0) is 67.4 Å². The number of piperidine rings is 1. The molecule has 0 radical (unpaired) electrons. The predicted octanol–water partition coefficient (Wildman–Crippen LogP) is 4.86. The summed E-state index contributed by atoms with van der Waals surface area (Å²) in [6.45, 7) is 0.952. The highest BCUT2D eigenvalue weighted by molar-refractivity contribution is 6.03. The maximum absolute atomic E-state index is 13.6. The summed E-state index contributed by atoms with van der Waals surface area (Å²) in [6.07, 6.45) is 0.858. The number of fused-ring (bicyclic) bond motifs is 2. The summed E-state index contributed by atoms with van der Waals surface area (Å²) >= 11 is 0. The molecule has 1 aliphatic heterocycles. The number of carbonyl (C=O) groups is 1. The van der Waals surface area contributed by atoms with Gasteiger partial charge >= 0.3 is 6.18 Å². The molecule has 1 saturated heterocycles. The third kappa shape index (κ3) is 3.86. The number of rotatable bonds is 3. The van der Waals surface area contributed by atoms with E-state index in [4.69, 9.17) is 0 Å². The maximum atomic E-state index is 13.6. The number of alkyl halides is 3. The van der Waals surface area contributed by atoms with Crippen LogP contribution < -0.4 is 5.32 Å². The lowest BCUT2D eigenvalue weighted by Crippen LogP contribution is -2.50. The van der Waals surface area contributed by atoms with Crippen molar-refractivity contribution in [3.63, 3.8) is 0 Å². The normalized spacial score (nSPS) is 19.7. The molecule has 0 saturated carbocycles. The molecule has 0 amide bonds. The van der Waals surface area contributed by atoms with E-state index in [1.165, 1.54) is 12.1 Å². The number of ketones is 1. The zero-order valence-electron chi connectivity index (χ0n) is 16.8. The van der Waals surface area contributed by atoms with E-state index in [2.05, 4.69) is 15.4 Å². The largest absolute Gasteiger partial charge is 0.416 e. The highest BCUT2D eigenvalue weighted by Gasteiger charge is 2.47. The average molecular weight is 458 g/mol. The monoisotopic (exact) mass is 458 g/mol. The van der Waals surface area contributed by atoms with Crippen molar-refractivity contribution in [2.75, 3.05) is 13.1 Å². The molecule has 3 heterocycles. The Kier molecular flexibility index (Phi) is 5.69. The van der Waals surface area contributed by atoms with Crippen LogP contribution in [0.25, 0.3) is 11.8 Å². The molecular weight excluding hydrogens is 436 g/mol. The first-order valence-electron chi connectivity index (χ1n) is 10.1. The van der Waals surface area contributed by atoms with E-state index in [9.17, 15) is 22.4 Å². The van der Waals surface area contributed by atoms with Crippen molar-refractivity contribution >= 4 is 11.9 Å². The Balaban J connectivity index is 0.00000259. The molecule has 5 nitrogen and oxygen atoms in total. The Morgan fingerprint density at radius 2 is 1.91 bits per heavy atom. The molecule has 5 rings (SSSR count). The highest BCUT2D eigenvalue weighted by atomic mass is 19.4. The Hall–Kier alpha value is -3.33. The Labute approximate surface area is 188 Å². The van der Waals surface area contributed by atoms with E-state index in [-0.39, 0.29) is 18.9 Å². The van der Waals surface area contributed by atoms with Gasteiger partial charge in [0.15, 0.2) is 5.78 Å². The van der Waals surface area contributed by atoms with Gasteiger partial charge in [-0.2, -0.15) is 18.3 Å². The van der Waals surface area contributed by atoms with Crippen molar-refractivity contribution in [2.24, 2.45) is 5.41 Å². The van der Waals surface area contributed by atoms with Gasteiger partial charge in [-0.3, -0.25) is 9.78 Å². The molecule has 0 unspecified atom stereocenters. The lowest BCUT2D eigenvalue weighted by molar-refractivity contribution is -0.137. The Morgan fingerprint density at radius 3 is 2.64 bits per heavy atom. The molecule has 1 fully saturated rings. The minimum Gasteiger partial charge on any atom is -0.315 e. The van der Waals surface area contributed by atoms with E-state index in [1.807, 2.05) is 6.08 Å². The van der Waals surface area contributed by atoms with Gasteiger partial charge in [0.2, 0.25) is 0 Å². The molecule has 0 bridgehead atoms. The summed E-state index contributed by atoms with van der Waals surface area (Å²) in [5.41, 5.74) is 0.953. The molecule has 172 valence electrons. The first-order chi connectivity index (χ1) is 15.3. The standard InChI is InChI=1S/C23H18F4N4O.CH4/c24-17-1-3-18(4-2-17)31-20-10-15-5-7-28-13-22(15,11-14(20)12-30-31)21(32)19-9-16(6-8-29-19)23(25,26)27;/h1-4,6,8-10,12,28H,5,7,11,13H2;1H4/t22-;/m0./s1. The SMILES string of the molecule is C.O=C(c1cc(C(F)(F)F)ccn1)[C@@]12CNCCC1=Cc1c(cnn1-c1ccc(F)cc1)C2. The van der Waals surface area contributed by atoms with E-state index in [0.29, 0.717) is 31.6 Å². The van der Waals surface area contributed by atoms with Crippen LogP contribution in [0.15, 0.2) is 54.4 Å². The molecule has 1 aliphatic carbocycles. The van der Waals surface area contributed by atoms with Crippen LogP contribution in [-0.4, -0.2) is 33.6 Å². The lowest BCUT2D eigenvalue weighted by Gasteiger charge is -2.41. The number of halogens is 4. The van der Waals surface area contributed by atoms with Gasteiger partial charge < -0.3 is 5.32 Å². The number of hydrogen-bond donors (Lipinski definition) is 1. The third-order valence-corrected chi connectivity index (χ3v) is 6.13. The van der Waals surface area contributed by atoms with Gasteiger partial charge in [0.05, 0.1) is 28.6 Å². The minimum absolute atomic E-state index is 0. The fraction of sp³-hybridized carbons (Fsp3) is 0.292. The van der Waals surface area contributed by atoms with Gasteiger partial charge in [0.1, 0.15) is 11.5 Å². The van der Waals surface area contributed by atoms with Crippen LogP contribution in [0.3, 0.4) is 0 Å². The number of aromatic nitrogens is 3. The fourth-order valence-corrected chi connectivity index (χ4v) is 4.51. The van der Waals surface area contributed by atoms with Gasteiger partial charge in [0.25, 0.3) is 0 Å². The zero-order valence-corrected chi connectivity index (χ0v) is 16.8. The Morgan fingerprint density at radius 1 is 1.15 bits per heavy atom. The molecule has 2 aromatic heterocycles. The topological polar surface area (TPSA) is 59.8 Å². The van der Waals surface area contributed by atoms with Crippen molar-refractivity contribution in [3.8, 4) is 5.69 Å². The summed E-state index contributed by atoms with van der Waals surface area (Å²) in [6, 6.07) is 7.59. The maximum Gasteiger partial charge on any atom is 0.416 e. The first kappa shape index (κ1) is 22.8. The van der Waals surface area contributed by atoms with Crippen molar-refractivity contribution in [3.05, 3.63) is 82.7 Å². The fourth-order valence-electron chi connectivity index (χ4n) is 4.51. The van der Waals surface area contributed by atoms with Crippen LogP contribution in [-0.2, 0) is 12.6 Å². The molecule has 1 atom stereocenters. The summed E-state index contributed by atoms with van der Waals surface area (Å²) < 4.78 is 54.6. The minimum atomic E-state index is -4.56. The van der Waals surface area contributed by atoms with Crippen LogP contribution in [0.1, 0.15) is 41.2 Å². The number of carbonyl (C=O) groups excluding carboxylic acids is 1. The zero-order chi connectivity index (χ0) is 22.5. The van der Waals surface area contributed by atoms with Crippen molar-refractivity contribution in [1.82, 2.24) is 20.1 Å². The molecule has 9 heteroatoms. The smallest absolute Gasteiger partial charge is 0.315 e. The van der Waals surface area contributed by atoms with Crippen molar-refractivity contribution in [1.29, 1.82) is 0 Å². The summed E-state index contributed by atoms with van der Waals surface area (Å²) in [4.78, 5) is 17.5. The highest BCUT2D eigenvalue weighted by Crippen LogP contribution is 2.44. The summed E-state index contributed by atoms with van der Waals surface area (Å²) in [5.74, 6) is -0.799. The summed E-state index contributed by atoms with van der Waals surface area (Å²) in [5, 5.41) is 7.63. The van der Waals surface area contributed by atoms with Gasteiger partial charge in [-0.1, -0.05) is 13.0 Å². The number of nitrogens with zero attached hydrogens (tertiary/aromatic N) is 3. The molecule has 33 heavy (non-hydrogen) atoms. The third-order valence-electron chi connectivity index (χ3n) is 6.13. The van der Waals surface area contributed by atoms with Crippen LogP contribution in [0.5, 0.6) is 0 Å². The molecule has 1 aromatic carbocycles. The quantitative estimate of drug-likeness (QED) is 0.450. The first-order valence-corrected chi connectivity index (χ1v) is 10.1. The van der Waals surface area contributed by atoms with E-state index < -0.39 is 22.9 Å². The second kappa shape index (κ2) is 8.22. The molecule has 2 aliphatic rings. The van der Waals surface area contributed by atoms with Crippen molar-refractivity contribution < 1.29 is 22.4 Å². The number of benzene rings is 1. The second-order valence-electron chi connectivity index (χ2n) is 8.06. The summed E-state index contributed by atoms with van der Waals surface area (Å²) in [7, 11) is 0. The van der Waals surface area contributed by atoms with E-state index in [0.717, 1.165) is 35.2 Å². The van der Waals surface area contributed by atoms with E-state index in [1.54, 1.807) is 23.0 Å². The van der Waals surface area contributed by atoms with Crippen LogP contribution >= 0.6 is 0 Å². The number of Topliss-reactive ketones (excluding diaryl/α,β-unsaturated/α-hetero) is 1. The Bertz CT molecular complexity index is 1230. The van der Waals surface area contributed by atoms with Crippen LogP contribution in [0, 0.1) is 11.2 Å². The lowest BCUT2D eigenvalue weighted by atomic mass is 9.65. The van der Waals surface area contributed by atoms with Crippen molar-refractivity contribution in [2.45, 2.75) is 26.4 Å². The van der Waals surface area contributed by atoms with Crippen LogP contribution in [0.2, 0.25) is 0 Å². The van der Waals surface area contributed by atoms with E-state index >= 15 is 0 Å². The number of nitrogens with one attached hydrogen (secondary N) is 1. The molecular formula is C24H22F4N4O. The van der Waals surface area contributed by atoms with Gasteiger partial charge in [-0.25, -0.2) is 9.07 Å². The number of pyridine rings is 1. The second-order valence-corrected chi connectivity index (χ2v) is 8.06. The molecule has 1 N–H and O–H groups in total. The molecule has 0 spiro atoms. The van der Waals surface area contributed by atoms with Gasteiger partial charge in [0, 0.05) is 12.7 Å². The predicted molar refractivity (Wildman–Crippen MR) is 115 cm³/mol. The van der Waals surface area contributed by atoms with Crippen LogP contribution in [0.4, 0.5) is 17.6 Å².